The van der Waals surface area contributed by atoms with Gasteiger partial charge in [0.15, 0.2) is 0 Å². The van der Waals surface area contributed by atoms with Crippen LogP contribution in [-0.2, 0) is 0 Å². The predicted octanol–water partition coefficient (Wildman–Crippen LogP) is 4.15. The summed E-state index contributed by atoms with van der Waals surface area (Å²) in [6.45, 7) is 9.56. The van der Waals surface area contributed by atoms with Crippen LogP contribution in [0.4, 0.5) is 0 Å². The zero-order chi connectivity index (χ0) is 13.0. The van der Waals surface area contributed by atoms with Crippen LogP contribution in [0.5, 0.6) is 0 Å². The average Bonchev–Trinajstić information content (AvgIpc) is 2.96. The minimum absolute atomic E-state index is 0.306. The molecule has 1 heterocycles. The van der Waals surface area contributed by atoms with Gasteiger partial charge in [-0.3, -0.25) is 0 Å². The largest absolute Gasteiger partial charge is 0.468 e. The maximum Gasteiger partial charge on any atom is 0.120 e. The van der Waals surface area contributed by atoms with Gasteiger partial charge >= 0.3 is 0 Å². The van der Waals surface area contributed by atoms with Crippen molar-refractivity contribution in [2.75, 3.05) is 0 Å². The van der Waals surface area contributed by atoms with E-state index in [0.717, 1.165) is 11.7 Å². The zero-order valence-corrected chi connectivity index (χ0v) is 12.0. The van der Waals surface area contributed by atoms with Crippen LogP contribution in [0.25, 0.3) is 0 Å². The van der Waals surface area contributed by atoms with E-state index in [0.29, 0.717) is 22.9 Å². The molecule has 4 unspecified atom stereocenters. The minimum Gasteiger partial charge on any atom is -0.468 e. The Morgan fingerprint density at radius 1 is 1.39 bits per heavy atom. The van der Waals surface area contributed by atoms with Crippen LogP contribution in [0.2, 0.25) is 0 Å². The molecule has 100 valence electrons. The summed E-state index contributed by atoms with van der Waals surface area (Å²) in [7, 11) is 0. The third kappa shape index (κ3) is 1.65. The van der Waals surface area contributed by atoms with E-state index in [1.165, 1.54) is 19.3 Å². The van der Waals surface area contributed by atoms with Gasteiger partial charge in [0.25, 0.3) is 0 Å². The Balaban J connectivity index is 1.80. The normalized spacial score (nSPS) is 39.1. The molecule has 2 aliphatic carbocycles. The Hall–Kier alpha value is -0.760. The predicted molar refractivity (Wildman–Crippen MR) is 73.3 cm³/mol. The summed E-state index contributed by atoms with van der Waals surface area (Å²) in [4.78, 5) is 0. The minimum atomic E-state index is 0.306. The molecule has 2 nitrogen and oxygen atoms in total. The van der Waals surface area contributed by atoms with Crippen molar-refractivity contribution in [3.8, 4) is 0 Å². The van der Waals surface area contributed by atoms with Crippen molar-refractivity contribution >= 4 is 0 Å². The van der Waals surface area contributed by atoms with Gasteiger partial charge in [-0.1, -0.05) is 20.8 Å². The first-order chi connectivity index (χ1) is 8.43. The van der Waals surface area contributed by atoms with Crippen LogP contribution >= 0.6 is 0 Å². The van der Waals surface area contributed by atoms with Crippen LogP contribution < -0.4 is 5.32 Å². The van der Waals surface area contributed by atoms with Crippen molar-refractivity contribution < 1.29 is 4.42 Å². The van der Waals surface area contributed by atoms with E-state index < -0.39 is 0 Å². The Labute approximate surface area is 110 Å². The Morgan fingerprint density at radius 3 is 2.72 bits per heavy atom. The molecule has 1 aromatic rings. The molecule has 2 heteroatoms. The lowest BCUT2D eigenvalue weighted by Gasteiger charge is -2.44. The topological polar surface area (TPSA) is 25.2 Å². The SMILES string of the molecule is CC(NC1C2(C)CCC(C2)C1(C)C)c1ccco1. The third-order valence-electron chi connectivity index (χ3n) is 5.66. The van der Waals surface area contributed by atoms with Crippen LogP contribution in [0.1, 0.15) is 58.8 Å². The second-order valence-corrected chi connectivity index (χ2v) is 7.25. The summed E-state index contributed by atoms with van der Waals surface area (Å²) in [5, 5.41) is 3.85. The summed E-state index contributed by atoms with van der Waals surface area (Å²) in [6.07, 6.45) is 5.95. The number of furan rings is 1. The van der Waals surface area contributed by atoms with Gasteiger partial charge in [0.2, 0.25) is 0 Å². The van der Waals surface area contributed by atoms with Gasteiger partial charge in [-0.05, 0) is 55.1 Å². The molecule has 2 fully saturated rings. The van der Waals surface area contributed by atoms with Crippen molar-refractivity contribution in [1.29, 1.82) is 0 Å². The van der Waals surface area contributed by atoms with Crippen LogP contribution in [0.3, 0.4) is 0 Å². The second kappa shape index (κ2) is 3.86. The average molecular weight is 247 g/mol. The highest BCUT2D eigenvalue weighted by Gasteiger charge is 2.59. The summed E-state index contributed by atoms with van der Waals surface area (Å²) in [5.41, 5.74) is 0.892. The standard InChI is InChI=1S/C16H25NO/c1-11(13-6-5-9-18-13)17-14-15(2,3)12-7-8-16(14,4)10-12/h5-6,9,11-12,14,17H,7-8,10H2,1-4H3. The van der Waals surface area contributed by atoms with Gasteiger partial charge in [-0.25, -0.2) is 0 Å². The molecule has 0 saturated heterocycles. The first-order valence-corrected chi connectivity index (χ1v) is 7.23. The quantitative estimate of drug-likeness (QED) is 0.868. The van der Waals surface area contributed by atoms with E-state index >= 15 is 0 Å². The number of hydrogen-bond donors (Lipinski definition) is 1. The monoisotopic (exact) mass is 247 g/mol. The van der Waals surface area contributed by atoms with Crippen molar-refractivity contribution in [2.24, 2.45) is 16.7 Å². The van der Waals surface area contributed by atoms with Crippen molar-refractivity contribution in [3.05, 3.63) is 24.2 Å². The molecule has 0 aliphatic heterocycles. The molecule has 2 saturated carbocycles. The molecule has 0 aromatic carbocycles. The molecule has 1 N–H and O–H groups in total. The van der Waals surface area contributed by atoms with Crippen LogP contribution in [0, 0.1) is 16.7 Å². The molecule has 2 bridgehead atoms. The highest BCUT2D eigenvalue weighted by atomic mass is 16.3. The van der Waals surface area contributed by atoms with E-state index in [-0.39, 0.29) is 0 Å². The first-order valence-electron chi connectivity index (χ1n) is 7.23. The van der Waals surface area contributed by atoms with Gasteiger partial charge < -0.3 is 9.73 Å². The van der Waals surface area contributed by atoms with Crippen molar-refractivity contribution in [1.82, 2.24) is 5.32 Å². The van der Waals surface area contributed by atoms with E-state index in [1.807, 2.05) is 6.07 Å². The molecule has 0 spiro atoms. The molecule has 0 amide bonds. The summed E-state index contributed by atoms with van der Waals surface area (Å²) in [6, 6.07) is 4.95. The molecule has 2 aliphatic rings. The fourth-order valence-electron chi connectivity index (χ4n) is 4.59. The summed E-state index contributed by atoms with van der Waals surface area (Å²) in [5.74, 6) is 1.95. The van der Waals surface area contributed by atoms with Crippen LogP contribution in [-0.4, -0.2) is 6.04 Å². The Morgan fingerprint density at radius 2 is 2.17 bits per heavy atom. The van der Waals surface area contributed by atoms with Gasteiger partial charge in [-0.15, -0.1) is 0 Å². The van der Waals surface area contributed by atoms with E-state index in [4.69, 9.17) is 4.42 Å². The molecular weight excluding hydrogens is 222 g/mol. The first kappa shape index (κ1) is 12.3. The lowest BCUT2D eigenvalue weighted by Crippen LogP contribution is -2.50. The second-order valence-electron chi connectivity index (χ2n) is 7.25. The lowest BCUT2D eigenvalue weighted by molar-refractivity contribution is 0.0975. The Bertz CT molecular complexity index is 418. The maximum absolute atomic E-state index is 5.52. The number of fused-ring (bicyclic) bond motifs is 2. The summed E-state index contributed by atoms with van der Waals surface area (Å²) >= 11 is 0. The fourth-order valence-corrected chi connectivity index (χ4v) is 4.59. The van der Waals surface area contributed by atoms with Gasteiger partial charge in [0.05, 0.1) is 12.3 Å². The van der Waals surface area contributed by atoms with Crippen LogP contribution in [0.15, 0.2) is 22.8 Å². The Kier molecular flexibility index (Phi) is 2.64. The number of rotatable bonds is 3. The van der Waals surface area contributed by atoms with E-state index in [2.05, 4.69) is 39.1 Å². The molecule has 3 rings (SSSR count). The van der Waals surface area contributed by atoms with Gasteiger partial charge in [0, 0.05) is 6.04 Å². The molecule has 0 radical (unpaired) electrons. The van der Waals surface area contributed by atoms with Crippen molar-refractivity contribution in [2.45, 2.75) is 59.0 Å². The lowest BCUT2D eigenvalue weighted by atomic mass is 9.68. The molecule has 1 aromatic heterocycles. The number of nitrogens with one attached hydrogen (secondary N) is 1. The molecular formula is C16H25NO. The van der Waals surface area contributed by atoms with E-state index in [9.17, 15) is 0 Å². The van der Waals surface area contributed by atoms with Gasteiger partial charge in [-0.2, -0.15) is 0 Å². The molecule has 18 heavy (non-hydrogen) atoms. The highest BCUT2D eigenvalue weighted by molar-refractivity contribution is 5.14. The number of hydrogen-bond acceptors (Lipinski definition) is 2. The summed E-state index contributed by atoms with van der Waals surface area (Å²) < 4.78 is 5.52. The smallest absolute Gasteiger partial charge is 0.120 e. The van der Waals surface area contributed by atoms with Gasteiger partial charge in [0.1, 0.15) is 5.76 Å². The van der Waals surface area contributed by atoms with E-state index in [1.54, 1.807) is 6.26 Å². The molecule has 4 atom stereocenters. The maximum atomic E-state index is 5.52. The third-order valence-corrected chi connectivity index (χ3v) is 5.66. The highest BCUT2D eigenvalue weighted by Crippen LogP contribution is 2.62. The fraction of sp³-hybridized carbons (Fsp3) is 0.750. The zero-order valence-electron chi connectivity index (χ0n) is 12.0. The van der Waals surface area contributed by atoms with Crippen molar-refractivity contribution in [3.63, 3.8) is 0 Å².